The van der Waals surface area contributed by atoms with Crippen LogP contribution < -0.4 is 11.5 Å². The Bertz CT molecular complexity index is 908. The first-order chi connectivity index (χ1) is 12.2. The summed E-state index contributed by atoms with van der Waals surface area (Å²) >= 11 is 0. The molecule has 2 rings (SSSR count). The van der Waals surface area contributed by atoms with Crippen LogP contribution in [-0.4, -0.2) is 21.7 Å². The molecule has 4 N–H and O–H groups in total. The fourth-order valence-corrected chi connectivity index (χ4v) is 2.05. The number of rotatable bonds is 5. The number of anilines is 1. The normalized spacial score (nSPS) is 11.0. The average molecular weight is 359 g/mol. The summed E-state index contributed by atoms with van der Waals surface area (Å²) in [6, 6.07) is 7.30. The van der Waals surface area contributed by atoms with Crippen molar-refractivity contribution in [3.8, 4) is 0 Å². The zero-order valence-corrected chi connectivity index (χ0v) is 13.4. The molecule has 2 aromatic rings. The van der Waals surface area contributed by atoms with Crippen molar-refractivity contribution in [1.29, 1.82) is 0 Å². The number of nitro groups is 2. The van der Waals surface area contributed by atoms with Crippen LogP contribution >= 0.6 is 0 Å². The van der Waals surface area contributed by atoms with Crippen molar-refractivity contribution in [2.45, 2.75) is 6.92 Å². The largest absolute Gasteiger partial charge is 0.398 e. The van der Waals surface area contributed by atoms with Gasteiger partial charge in [-0.3, -0.25) is 20.2 Å². The number of carbonyl (C=O) groups is 1. The van der Waals surface area contributed by atoms with Crippen LogP contribution in [0.25, 0.3) is 0 Å². The lowest BCUT2D eigenvalue weighted by atomic mass is 10.1. The van der Waals surface area contributed by atoms with E-state index in [1.807, 2.05) is 0 Å². The molecule has 0 heterocycles. The highest BCUT2D eigenvalue weighted by Gasteiger charge is 2.21. The van der Waals surface area contributed by atoms with Gasteiger partial charge in [-0.15, -0.1) is 0 Å². The van der Waals surface area contributed by atoms with E-state index in [9.17, 15) is 25.0 Å². The molecule has 0 radical (unpaired) electrons. The van der Waals surface area contributed by atoms with Crippen molar-refractivity contribution in [2.24, 2.45) is 10.9 Å². The SMILES string of the molecule is Cc1c(N)cccc1/C(N)=N/OC(=O)c1cc([N+](=O)[O-])cc([N+](=O)[O-])c1. The van der Waals surface area contributed by atoms with E-state index < -0.39 is 32.8 Å². The second-order valence-electron chi connectivity index (χ2n) is 5.13. The molecule has 0 atom stereocenters. The predicted octanol–water partition coefficient (Wildman–Crippen LogP) is 1.87. The van der Waals surface area contributed by atoms with E-state index in [1.165, 1.54) is 0 Å². The molecule has 0 saturated heterocycles. The molecule has 0 aliphatic rings. The van der Waals surface area contributed by atoms with Crippen molar-refractivity contribution >= 4 is 28.9 Å². The summed E-state index contributed by atoms with van der Waals surface area (Å²) < 4.78 is 0. The van der Waals surface area contributed by atoms with Gasteiger partial charge < -0.3 is 16.3 Å². The van der Waals surface area contributed by atoms with Gasteiger partial charge in [0.25, 0.3) is 11.4 Å². The lowest BCUT2D eigenvalue weighted by Gasteiger charge is -2.07. The topological polar surface area (TPSA) is 177 Å². The number of hydrogen-bond acceptors (Lipinski definition) is 8. The van der Waals surface area contributed by atoms with E-state index in [-0.39, 0.29) is 5.84 Å². The number of amidine groups is 1. The van der Waals surface area contributed by atoms with Gasteiger partial charge >= 0.3 is 5.97 Å². The van der Waals surface area contributed by atoms with Gasteiger partial charge in [0.2, 0.25) is 0 Å². The third-order valence-electron chi connectivity index (χ3n) is 3.44. The Kier molecular flexibility index (Phi) is 5.11. The number of hydrogen-bond donors (Lipinski definition) is 2. The van der Waals surface area contributed by atoms with Crippen LogP contribution in [0.4, 0.5) is 17.1 Å². The lowest BCUT2D eigenvalue weighted by molar-refractivity contribution is -0.394. The zero-order valence-electron chi connectivity index (χ0n) is 13.4. The van der Waals surface area contributed by atoms with E-state index in [0.717, 1.165) is 18.2 Å². The molecular formula is C15H13N5O6. The summed E-state index contributed by atoms with van der Waals surface area (Å²) in [5.74, 6) is -1.29. The molecule has 0 fully saturated rings. The van der Waals surface area contributed by atoms with Crippen molar-refractivity contribution in [2.75, 3.05) is 5.73 Å². The summed E-state index contributed by atoms with van der Waals surface area (Å²) in [4.78, 5) is 36.6. The minimum atomic E-state index is -1.14. The van der Waals surface area contributed by atoms with E-state index in [0.29, 0.717) is 16.8 Å². The minimum Gasteiger partial charge on any atom is -0.398 e. The van der Waals surface area contributed by atoms with Gasteiger partial charge in [-0.05, 0) is 18.6 Å². The van der Waals surface area contributed by atoms with Crippen LogP contribution in [0.1, 0.15) is 21.5 Å². The maximum absolute atomic E-state index is 12.0. The molecule has 26 heavy (non-hydrogen) atoms. The molecular weight excluding hydrogens is 346 g/mol. The van der Waals surface area contributed by atoms with Crippen LogP contribution in [0.5, 0.6) is 0 Å². The number of carbonyl (C=O) groups excluding carboxylic acids is 1. The third kappa shape index (κ3) is 3.90. The first kappa shape index (κ1) is 18.3. The predicted molar refractivity (Wildman–Crippen MR) is 91.5 cm³/mol. The van der Waals surface area contributed by atoms with E-state index >= 15 is 0 Å². The van der Waals surface area contributed by atoms with Gasteiger partial charge in [0.1, 0.15) is 0 Å². The summed E-state index contributed by atoms with van der Waals surface area (Å²) in [5.41, 5.74) is 11.3. The third-order valence-corrected chi connectivity index (χ3v) is 3.44. The number of nitrogen functional groups attached to an aromatic ring is 1. The van der Waals surface area contributed by atoms with Crippen molar-refractivity contribution in [3.63, 3.8) is 0 Å². The van der Waals surface area contributed by atoms with Crippen molar-refractivity contribution in [3.05, 3.63) is 73.3 Å². The molecule has 11 nitrogen and oxygen atoms in total. The summed E-state index contributed by atoms with van der Waals surface area (Å²) in [6.45, 7) is 1.69. The second kappa shape index (κ2) is 7.25. The van der Waals surface area contributed by atoms with Crippen LogP contribution in [0.3, 0.4) is 0 Å². The number of nitrogens with zero attached hydrogens (tertiary/aromatic N) is 3. The van der Waals surface area contributed by atoms with Crippen molar-refractivity contribution in [1.82, 2.24) is 0 Å². The quantitative estimate of drug-likeness (QED) is 0.203. The number of nitrogens with two attached hydrogens (primary N) is 2. The molecule has 0 aliphatic carbocycles. The van der Waals surface area contributed by atoms with Crippen molar-refractivity contribution < 1.29 is 19.5 Å². The Morgan fingerprint density at radius 2 is 1.69 bits per heavy atom. The highest BCUT2D eigenvalue weighted by molar-refractivity contribution is 6.00. The van der Waals surface area contributed by atoms with Crippen LogP contribution in [0.15, 0.2) is 41.6 Å². The molecule has 0 spiro atoms. The molecule has 0 aliphatic heterocycles. The zero-order chi connectivity index (χ0) is 19.4. The standard InChI is InChI=1S/C15H13N5O6/c1-8-12(3-2-4-13(8)16)14(17)18-26-15(21)9-5-10(19(22)23)7-11(6-9)20(24)25/h2-7H,16H2,1H3,(H2,17,18). The monoisotopic (exact) mass is 359 g/mol. The van der Waals surface area contributed by atoms with Crippen LogP contribution in [0.2, 0.25) is 0 Å². The van der Waals surface area contributed by atoms with Crippen LogP contribution in [0, 0.1) is 27.2 Å². The van der Waals surface area contributed by atoms with Gasteiger partial charge in [0.15, 0.2) is 5.84 Å². The summed E-state index contributed by atoms with van der Waals surface area (Å²) in [6.07, 6.45) is 0. The fourth-order valence-electron chi connectivity index (χ4n) is 2.05. The Balaban J connectivity index is 2.31. The van der Waals surface area contributed by atoms with Crippen LogP contribution in [-0.2, 0) is 4.84 Å². The molecule has 134 valence electrons. The number of nitro benzene ring substituents is 2. The summed E-state index contributed by atoms with van der Waals surface area (Å²) in [7, 11) is 0. The highest BCUT2D eigenvalue weighted by Crippen LogP contribution is 2.23. The molecule has 0 saturated carbocycles. The Morgan fingerprint density at radius 1 is 1.12 bits per heavy atom. The lowest BCUT2D eigenvalue weighted by Crippen LogP contribution is -2.17. The second-order valence-corrected chi connectivity index (χ2v) is 5.13. The van der Waals surface area contributed by atoms with Gasteiger partial charge in [-0.1, -0.05) is 17.3 Å². The smallest absolute Gasteiger partial charge is 0.366 e. The van der Waals surface area contributed by atoms with Gasteiger partial charge in [0, 0.05) is 23.4 Å². The van der Waals surface area contributed by atoms with E-state index in [2.05, 4.69) is 9.99 Å². The van der Waals surface area contributed by atoms with Gasteiger partial charge in [0.05, 0.1) is 21.5 Å². The first-order valence-corrected chi connectivity index (χ1v) is 7.05. The maximum Gasteiger partial charge on any atom is 0.366 e. The van der Waals surface area contributed by atoms with E-state index in [1.54, 1.807) is 25.1 Å². The van der Waals surface area contributed by atoms with Gasteiger partial charge in [-0.2, -0.15) is 0 Å². The molecule has 0 unspecified atom stereocenters. The minimum absolute atomic E-state index is 0.150. The molecule has 0 aromatic heterocycles. The number of oxime groups is 1. The van der Waals surface area contributed by atoms with E-state index in [4.69, 9.17) is 11.5 Å². The fraction of sp³-hybridized carbons (Fsp3) is 0.0667. The Labute approximate surface area is 146 Å². The number of benzene rings is 2. The molecule has 0 amide bonds. The first-order valence-electron chi connectivity index (χ1n) is 7.05. The Morgan fingerprint density at radius 3 is 2.23 bits per heavy atom. The molecule has 0 bridgehead atoms. The average Bonchev–Trinajstić information content (AvgIpc) is 2.61. The maximum atomic E-state index is 12.0. The molecule has 2 aromatic carbocycles. The number of non-ortho nitro benzene ring substituents is 2. The molecule has 11 heteroatoms. The Hall–Kier alpha value is -4.02. The summed E-state index contributed by atoms with van der Waals surface area (Å²) in [5, 5.41) is 25.2. The van der Waals surface area contributed by atoms with Gasteiger partial charge in [-0.25, -0.2) is 4.79 Å². The highest BCUT2D eigenvalue weighted by atomic mass is 16.7.